The first-order valence-electron chi connectivity index (χ1n) is 17.5. The lowest BCUT2D eigenvalue weighted by atomic mass is 9.88. The van der Waals surface area contributed by atoms with Crippen molar-refractivity contribution >= 4 is 33.1 Å². The van der Waals surface area contributed by atoms with E-state index in [0.717, 1.165) is 52.6 Å². The summed E-state index contributed by atoms with van der Waals surface area (Å²) in [7, 11) is -0.686. The van der Waals surface area contributed by atoms with Crippen molar-refractivity contribution < 1.29 is 27.5 Å². The number of pyridine rings is 2. The van der Waals surface area contributed by atoms with Gasteiger partial charge in [0, 0.05) is 55.7 Å². The quantitative estimate of drug-likeness (QED) is 0.181. The fourth-order valence-corrected chi connectivity index (χ4v) is 8.32. The Balaban J connectivity index is 1.38. The van der Waals surface area contributed by atoms with E-state index in [4.69, 9.17) is 14.5 Å². The Kier molecular flexibility index (Phi) is 9.16. The lowest BCUT2D eigenvalue weighted by Gasteiger charge is -2.31. The second-order valence-electron chi connectivity index (χ2n) is 14.7. The molecular formula is C40H43N5O6S. The summed E-state index contributed by atoms with van der Waals surface area (Å²) in [5, 5.41) is 0.589. The smallest absolute Gasteiger partial charge is 0.410 e. The van der Waals surface area contributed by atoms with Gasteiger partial charge in [-0.15, -0.1) is 0 Å². The molecule has 2 amide bonds. The van der Waals surface area contributed by atoms with E-state index >= 15 is 0 Å². The highest BCUT2D eigenvalue weighted by Gasteiger charge is 2.35. The van der Waals surface area contributed by atoms with Crippen LogP contribution in [-0.4, -0.2) is 77.0 Å². The number of benzene rings is 2. The van der Waals surface area contributed by atoms with Gasteiger partial charge in [-0.1, -0.05) is 23.8 Å². The van der Waals surface area contributed by atoms with Crippen LogP contribution in [0, 0.1) is 6.92 Å². The third-order valence-electron chi connectivity index (χ3n) is 9.59. The first-order valence-corrected chi connectivity index (χ1v) is 18.9. The minimum atomic E-state index is -4.03. The van der Waals surface area contributed by atoms with E-state index in [-0.39, 0.29) is 28.6 Å². The Morgan fingerprint density at radius 3 is 2.44 bits per heavy atom. The molecule has 52 heavy (non-hydrogen) atoms. The zero-order chi connectivity index (χ0) is 36.9. The van der Waals surface area contributed by atoms with E-state index in [0.29, 0.717) is 42.0 Å². The molecule has 0 radical (unpaired) electrons. The molecule has 1 saturated heterocycles. The minimum Gasteiger partial charge on any atom is -0.444 e. The number of hydrogen-bond acceptors (Lipinski definition) is 8. The van der Waals surface area contributed by atoms with Crippen LogP contribution >= 0.6 is 0 Å². The first kappa shape index (κ1) is 35.3. The zero-order valence-electron chi connectivity index (χ0n) is 30.3. The van der Waals surface area contributed by atoms with Crippen LogP contribution < -0.4 is 0 Å². The number of likely N-dealkylation sites (tertiary alicyclic amines) is 1. The number of aryl methyl sites for hydroxylation is 1. The maximum absolute atomic E-state index is 14.1. The second kappa shape index (κ2) is 13.5. The summed E-state index contributed by atoms with van der Waals surface area (Å²) in [4.78, 5) is 38.8. The standard InChI is InChI=1S/C40H43N5O6S/c1-25-9-12-30(13-10-25)52(48,49)45-23-33(35-14-11-27(21-41-35)38(46)43(5)6)32-20-29(22-42-37(32)45)28-18-26-15-17-50-24-34(26)31(19-28)36-8-7-16-44(36)39(47)51-40(2,3)4/h9-14,18-23,36H,7-8,15-17,24H2,1-6H3/t36-/m0/s1. The van der Waals surface area contributed by atoms with Crippen molar-refractivity contribution in [2.45, 2.75) is 70.1 Å². The van der Waals surface area contributed by atoms with Crippen molar-refractivity contribution in [3.8, 4) is 22.4 Å². The van der Waals surface area contributed by atoms with Gasteiger partial charge in [0.2, 0.25) is 0 Å². The molecule has 1 atom stereocenters. The van der Waals surface area contributed by atoms with Crippen molar-refractivity contribution in [2.75, 3.05) is 27.2 Å². The Bertz CT molecular complexity index is 2290. The normalized spacial score (nSPS) is 16.2. The molecule has 0 saturated carbocycles. The second-order valence-corrected chi connectivity index (χ2v) is 16.5. The molecule has 0 aliphatic carbocycles. The van der Waals surface area contributed by atoms with Crippen LogP contribution in [0.25, 0.3) is 33.4 Å². The van der Waals surface area contributed by atoms with Gasteiger partial charge in [-0.05, 0) is 106 Å². The summed E-state index contributed by atoms with van der Waals surface area (Å²) in [6.07, 6.45) is 6.81. The summed E-state index contributed by atoms with van der Waals surface area (Å²) >= 11 is 0. The monoisotopic (exact) mass is 721 g/mol. The predicted octanol–water partition coefficient (Wildman–Crippen LogP) is 7.16. The van der Waals surface area contributed by atoms with E-state index in [2.05, 4.69) is 17.1 Å². The molecule has 2 aromatic carbocycles. The van der Waals surface area contributed by atoms with Gasteiger partial charge in [0.25, 0.3) is 15.9 Å². The van der Waals surface area contributed by atoms with E-state index < -0.39 is 15.6 Å². The fraction of sp³-hybridized carbons (Fsp3) is 0.350. The number of hydrogen-bond donors (Lipinski definition) is 0. The van der Waals surface area contributed by atoms with Crippen LogP contribution in [0.3, 0.4) is 0 Å². The fourth-order valence-electron chi connectivity index (χ4n) is 6.99. The average Bonchev–Trinajstić information content (AvgIpc) is 3.76. The molecule has 3 aromatic heterocycles. The summed E-state index contributed by atoms with van der Waals surface area (Å²) < 4.78 is 41.1. The topological polar surface area (TPSA) is 124 Å². The van der Waals surface area contributed by atoms with Crippen LogP contribution in [0.2, 0.25) is 0 Å². The molecule has 2 aliphatic heterocycles. The minimum absolute atomic E-state index is 0.139. The van der Waals surface area contributed by atoms with Crippen LogP contribution in [0.5, 0.6) is 0 Å². The molecule has 0 bridgehead atoms. The zero-order valence-corrected chi connectivity index (χ0v) is 31.2. The van der Waals surface area contributed by atoms with E-state index in [9.17, 15) is 18.0 Å². The number of nitrogens with zero attached hydrogens (tertiary/aromatic N) is 5. The largest absolute Gasteiger partial charge is 0.444 e. The van der Waals surface area contributed by atoms with Gasteiger partial charge in [0.1, 0.15) is 5.60 Å². The van der Waals surface area contributed by atoms with E-state index in [1.165, 1.54) is 15.1 Å². The highest BCUT2D eigenvalue weighted by molar-refractivity contribution is 7.90. The third-order valence-corrected chi connectivity index (χ3v) is 11.3. The van der Waals surface area contributed by atoms with Crippen molar-refractivity contribution in [1.82, 2.24) is 23.7 Å². The van der Waals surface area contributed by atoms with Crippen molar-refractivity contribution in [3.05, 3.63) is 101 Å². The maximum atomic E-state index is 14.1. The predicted molar refractivity (Wildman–Crippen MR) is 198 cm³/mol. The molecule has 7 rings (SSSR count). The van der Waals surface area contributed by atoms with Crippen LogP contribution in [0.1, 0.15) is 72.3 Å². The number of fused-ring (bicyclic) bond motifs is 2. The average molecular weight is 722 g/mol. The van der Waals surface area contributed by atoms with E-state index in [1.807, 2.05) is 38.7 Å². The Hall–Kier alpha value is -5.07. The van der Waals surface area contributed by atoms with Gasteiger partial charge >= 0.3 is 6.09 Å². The maximum Gasteiger partial charge on any atom is 0.410 e. The molecule has 11 nitrogen and oxygen atoms in total. The lowest BCUT2D eigenvalue weighted by Crippen LogP contribution is -2.36. The highest BCUT2D eigenvalue weighted by atomic mass is 32.2. The Morgan fingerprint density at radius 1 is 0.981 bits per heavy atom. The number of carbonyl (C=O) groups is 2. The van der Waals surface area contributed by atoms with Gasteiger partial charge in [-0.3, -0.25) is 9.78 Å². The van der Waals surface area contributed by atoms with Gasteiger partial charge in [0.05, 0.1) is 35.4 Å². The summed E-state index contributed by atoms with van der Waals surface area (Å²) in [5.74, 6) is -0.187. The molecule has 270 valence electrons. The van der Waals surface area contributed by atoms with Gasteiger partial charge in [-0.2, -0.15) is 0 Å². The molecule has 0 unspecified atom stereocenters. The Morgan fingerprint density at radius 2 is 1.75 bits per heavy atom. The molecule has 5 aromatic rings. The third kappa shape index (κ3) is 6.68. The van der Waals surface area contributed by atoms with Crippen LogP contribution in [-0.2, 0) is 32.5 Å². The lowest BCUT2D eigenvalue weighted by molar-refractivity contribution is 0.0221. The van der Waals surface area contributed by atoms with Gasteiger partial charge in [-0.25, -0.2) is 22.2 Å². The number of aromatic nitrogens is 3. The number of ether oxygens (including phenoxy) is 2. The molecule has 12 heteroatoms. The highest BCUT2D eigenvalue weighted by Crippen LogP contribution is 2.41. The molecular weight excluding hydrogens is 679 g/mol. The van der Waals surface area contributed by atoms with E-state index in [1.54, 1.807) is 62.9 Å². The molecule has 2 aliphatic rings. The SMILES string of the molecule is Cc1ccc(S(=O)(=O)n2cc(-c3ccc(C(=O)N(C)C)cn3)c3cc(-c4cc5c(c([C@@H]6CCCN6C(=O)OC(C)(C)C)c4)COCC5)cnc32)cc1. The molecule has 5 heterocycles. The summed E-state index contributed by atoms with van der Waals surface area (Å²) in [6, 6.07) is 16.2. The van der Waals surface area contributed by atoms with Crippen molar-refractivity contribution in [2.24, 2.45) is 0 Å². The first-order chi connectivity index (χ1) is 24.7. The van der Waals surface area contributed by atoms with Crippen LogP contribution in [0.4, 0.5) is 4.79 Å². The number of amides is 2. The number of carbonyl (C=O) groups excluding carboxylic acids is 2. The van der Waals surface area contributed by atoms with Crippen molar-refractivity contribution in [3.63, 3.8) is 0 Å². The summed E-state index contributed by atoms with van der Waals surface area (Å²) in [5.41, 5.74) is 7.02. The molecule has 1 fully saturated rings. The molecule has 0 N–H and O–H groups in total. The van der Waals surface area contributed by atoms with Crippen molar-refractivity contribution in [1.29, 1.82) is 0 Å². The summed E-state index contributed by atoms with van der Waals surface area (Å²) in [6.45, 7) is 9.17. The van der Waals surface area contributed by atoms with Gasteiger partial charge in [0.15, 0.2) is 5.65 Å². The Labute approximate surface area is 304 Å². The van der Waals surface area contributed by atoms with Gasteiger partial charge < -0.3 is 19.3 Å². The number of rotatable bonds is 6. The molecule has 0 spiro atoms. The van der Waals surface area contributed by atoms with Crippen LogP contribution in [0.15, 0.2) is 78.1 Å².